The maximum atomic E-state index is 13.0. The van der Waals surface area contributed by atoms with Crippen LogP contribution >= 0.6 is 11.3 Å². The van der Waals surface area contributed by atoms with E-state index in [-0.39, 0.29) is 17.6 Å². The number of Topliss-reactive ketones (excluding diaryl/α,β-unsaturated/α-hetero) is 1. The van der Waals surface area contributed by atoms with Gasteiger partial charge in [0.25, 0.3) is 0 Å². The lowest BCUT2D eigenvalue weighted by Gasteiger charge is -2.16. The zero-order valence-electron chi connectivity index (χ0n) is 16.0. The molecule has 1 saturated carbocycles. The zero-order valence-corrected chi connectivity index (χ0v) is 16.8. The van der Waals surface area contributed by atoms with Gasteiger partial charge in [0, 0.05) is 26.1 Å². The molecule has 0 N–H and O–H groups in total. The SMILES string of the molecule is Cc1nc(N2CCN(CCC3CC3)C2=O)sc1C(=O)CCc1ccc(F)cc1. The van der Waals surface area contributed by atoms with E-state index in [1.54, 1.807) is 17.0 Å². The minimum atomic E-state index is -0.278. The molecule has 7 heteroatoms. The molecule has 2 aliphatic rings. The molecule has 5 nitrogen and oxygen atoms in total. The Balaban J connectivity index is 1.38. The average molecular weight is 402 g/mol. The van der Waals surface area contributed by atoms with Crippen molar-refractivity contribution in [3.63, 3.8) is 0 Å². The van der Waals surface area contributed by atoms with E-state index in [1.807, 2.05) is 11.8 Å². The number of urea groups is 1. The van der Waals surface area contributed by atoms with Crippen LogP contribution in [0.2, 0.25) is 0 Å². The summed E-state index contributed by atoms with van der Waals surface area (Å²) in [6.45, 7) is 3.97. The van der Waals surface area contributed by atoms with Crippen molar-refractivity contribution >= 4 is 28.3 Å². The van der Waals surface area contributed by atoms with Crippen LogP contribution in [0.25, 0.3) is 0 Å². The molecule has 148 valence electrons. The summed E-state index contributed by atoms with van der Waals surface area (Å²) >= 11 is 1.30. The fraction of sp³-hybridized carbons (Fsp3) is 0.476. The highest BCUT2D eigenvalue weighted by molar-refractivity contribution is 7.17. The summed E-state index contributed by atoms with van der Waals surface area (Å²) in [5.41, 5.74) is 1.60. The summed E-state index contributed by atoms with van der Waals surface area (Å²) in [7, 11) is 0. The van der Waals surface area contributed by atoms with Crippen LogP contribution in [-0.2, 0) is 6.42 Å². The topological polar surface area (TPSA) is 53.5 Å². The number of hydrogen-bond donors (Lipinski definition) is 0. The number of aryl methyl sites for hydroxylation is 2. The second kappa shape index (κ2) is 7.99. The standard InChI is InChI=1S/C21H24FN3O2S/c1-14-19(18(26)9-6-15-4-7-17(22)8-5-15)28-20(23-14)25-13-12-24(21(25)27)11-10-16-2-3-16/h4-5,7-8,16H,2-3,6,9-13H2,1H3. The molecular formula is C21H24FN3O2S. The minimum absolute atomic E-state index is 0.000267. The molecule has 2 heterocycles. The van der Waals surface area contributed by atoms with Crippen molar-refractivity contribution < 1.29 is 14.0 Å². The van der Waals surface area contributed by atoms with E-state index in [0.717, 1.165) is 31.0 Å². The molecule has 0 bridgehead atoms. The maximum absolute atomic E-state index is 13.0. The third-order valence-electron chi connectivity index (χ3n) is 5.42. The Morgan fingerprint density at radius 2 is 2.00 bits per heavy atom. The summed E-state index contributed by atoms with van der Waals surface area (Å²) in [5.74, 6) is 0.538. The van der Waals surface area contributed by atoms with E-state index in [0.29, 0.717) is 35.1 Å². The molecular weight excluding hydrogens is 377 g/mol. The predicted molar refractivity (Wildman–Crippen MR) is 108 cm³/mol. The third kappa shape index (κ3) is 4.24. The molecule has 0 spiro atoms. The van der Waals surface area contributed by atoms with Gasteiger partial charge in [-0.05, 0) is 43.4 Å². The number of aromatic nitrogens is 1. The van der Waals surface area contributed by atoms with Crippen LogP contribution < -0.4 is 4.90 Å². The van der Waals surface area contributed by atoms with Crippen molar-refractivity contribution in [3.05, 3.63) is 46.2 Å². The number of anilines is 1. The Bertz CT molecular complexity index is 876. The quantitative estimate of drug-likeness (QED) is 0.614. The molecule has 1 aliphatic heterocycles. The lowest BCUT2D eigenvalue weighted by molar-refractivity contribution is 0.0986. The van der Waals surface area contributed by atoms with Crippen molar-refractivity contribution in [2.45, 2.75) is 39.0 Å². The van der Waals surface area contributed by atoms with Gasteiger partial charge in [-0.15, -0.1) is 0 Å². The molecule has 28 heavy (non-hydrogen) atoms. The lowest BCUT2D eigenvalue weighted by Crippen LogP contribution is -2.32. The van der Waals surface area contributed by atoms with E-state index < -0.39 is 0 Å². The Morgan fingerprint density at radius 1 is 1.25 bits per heavy atom. The largest absolute Gasteiger partial charge is 0.326 e. The van der Waals surface area contributed by atoms with Gasteiger partial charge in [0.2, 0.25) is 0 Å². The second-order valence-corrected chi connectivity index (χ2v) is 8.59. The second-order valence-electron chi connectivity index (χ2n) is 7.61. The van der Waals surface area contributed by atoms with Crippen molar-refractivity contribution in [1.29, 1.82) is 0 Å². The predicted octanol–water partition coefficient (Wildman–Crippen LogP) is 4.45. The number of thiazole rings is 1. The van der Waals surface area contributed by atoms with Gasteiger partial charge in [-0.1, -0.05) is 36.3 Å². The first-order valence-corrected chi connectivity index (χ1v) is 10.6. The molecule has 1 aliphatic carbocycles. The number of amides is 2. The Morgan fingerprint density at radius 3 is 2.71 bits per heavy atom. The van der Waals surface area contributed by atoms with E-state index >= 15 is 0 Å². The minimum Gasteiger partial charge on any atom is -0.322 e. The number of rotatable bonds is 8. The highest BCUT2D eigenvalue weighted by atomic mass is 32.1. The molecule has 1 aromatic carbocycles. The van der Waals surface area contributed by atoms with Crippen molar-refractivity contribution in [1.82, 2.24) is 9.88 Å². The first-order valence-electron chi connectivity index (χ1n) is 9.83. The monoisotopic (exact) mass is 401 g/mol. The molecule has 2 fully saturated rings. The van der Waals surface area contributed by atoms with Gasteiger partial charge in [-0.3, -0.25) is 9.69 Å². The molecule has 1 saturated heterocycles. The number of benzene rings is 1. The Labute approximate surface area is 168 Å². The maximum Gasteiger partial charge on any atom is 0.326 e. The number of hydrogen-bond acceptors (Lipinski definition) is 4. The van der Waals surface area contributed by atoms with E-state index in [1.165, 1.54) is 36.3 Å². The molecule has 2 aromatic rings. The van der Waals surface area contributed by atoms with Gasteiger partial charge in [0.1, 0.15) is 5.82 Å². The van der Waals surface area contributed by atoms with Gasteiger partial charge in [0.05, 0.1) is 10.6 Å². The number of halogens is 1. The molecule has 4 rings (SSSR count). The number of carbonyl (C=O) groups is 2. The van der Waals surface area contributed by atoms with E-state index in [9.17, 15) is 14.0 Å². The van der Waals surface area contributed by atoms with Crippen LogP contribution in [0.1, 0.15) is 46.6 Å². The smallest absolute Gasteiger partial charge is 0.322 e. The van der Waals surface area contributed by atoms with Crippen molar-refractivity contribution in [2.75, 3.05) is 24.5 Å². The van der Waals surface area contributed by atoms with Crippen molar-refractivity contribution in [2.24, 2.45) is 5.92 Å². The van der Waals surface area contributed by atoms with E-state index in [4.69, 9.17) is 0 Å². The number of ketones is 1. The van der Waals surface area contributed by atoms with Crippen LogP contribution in [0.15, 0.2) is 24.3 Å². The van der Waals surface area contributed by atoms with Crippen molar-refractivity contribution in [3.8, 4) is 0 Å². The Kier molecular flexibility index (Phi) is 5.44. The normalized spacial score (nSPS) is 16.9. The van der Waals surface area contributed by atoms with Crippen LogP contribution in [0.5, 0.6) is 0 Å². The Hall–Kier alpha value is -2.28. The summed E-state index contributed by atoms with van der Waals surface area (Å²) in [6.07, 6.45) is 4.57. The average Bonchev–Trinajstić information content (AvgIpc) is 3.33. The first kappa shape index (κ1) is 19.1. The molecule has 2 amide bonds. The lowest BCUT2D eigenvalue weighted by atomic mass is 10.1. The first-order chi connectivity index (χ1) is 13.5. The molecule has 0 atom stereocenters. The van der Waals surface area contributed by atoms with Gasteiger partial charge in [0.15, 0.2) is 10.9 Å². The van der Waals surface area contributed by atoms with Crippen LogP contribution in [0.3, 0.4) is 0 Å². The highest BCUT2D eigenvalue weighted by Gasteiger charge is 2.33. The molecule has 0 unspecified atom stereocenters. The van der Waals surface area contributed by atoms with Crippen LogP contribution in [-0.4, -0.2) is 41.3 Å². The summed E-state index contributed by atoms with van der Waals surface area (Å²) in [5, 5.41) is 0.613. The molecule has 1 aromatic heterocycles. The van der Waals surface area contributed by atoms with Crippen LogP contribution in [0, 0.1) is 18.7 Å². The fourth-order valence-electron chi connectivity index (χ4n) is 3.49. The zero-order chi connectivity index (χ0) is 19.7. The fourth-order valence-corrected chi connectivity index (χ4v) is 4.55. The highest BCUT2D eigenvalue weighted by Crippen LogP contribution is 2.34. The van der Waals surface area contributed by atoms with E-state index in [2.05, 4.69) is 4.98 Å². The van der Waals surface area contributed by atoms with Crippen LogP contribution in [0.4, 0.5) is 14.3 Å². The number of carbonyl (C=O) groups excluding carboxylic acids is 2. The molecule has 0 radical (unpaired) electrons. The van der Waals surface area contributed by atoms with Gasteiger partial charge in [-0.2, -0.15) is 0 Å². The number of nitrogens with zero attached hydrogens (tertiary/aromatic N) is 3. The van der Waals surface area contributed by atoms with Gasteiger partial charge >= 0.3 is 6.03 Å². The van der Waals surface area contributed by atoms with Gasteiger partial charge < -0.3 is 4.90 Å². The third-order valence-corrected chi connectivity index (χ3v) is 6.64. The summed E-state index contributed by atoms with van der Waals surface area (Å²) in [6, 6.07) is 6.22. The van der Waals surface area contributed by atoms with Gasteiger partial charge in [-0.25, -0.2) is 14.2 Å². The summed E-state index contributed by atoms with van der Waals surface area (Å²) < 4.78 is 13.0. The summed E-state index contributed by atoms with van der Waals surface area (Å²) in [4.78, 5) is 34.0.